The molecule has 1 fully saturated rings. The number of rotatable bonds is 1. The van der Waals surface area contributed by atoms with Crippen LogP contribution in [0.25, 0.3) is 0 Å². The predicted octanol–water partition coefficient (Wildman–Crippen LogP) is 1.55. The fourth-order valence-electron chi connectivity index (χ4n) is 1.98. The SMILES string of the molecule is CC1CCC(C)(C(C)O)C(O)C1. The Morgan fingerprint density at radius 3 is 2.50 bits per heavy atom. The summed E-state index contributed by atoms with van der Waals surface area (Å²) in [6.45, 7) is 5.91. The molecule has 2 N–H and O–H groups in total. The van der Waals surface area contributed by atoms with Crippen molar-refractivity contribution in [3.05, 3.63) is 0 Å². The number of hydrogen-bond acceptors (Lipinski definition) is 2. The molecule has 0 aromatic carbocycles. The highest BCUT2D eigenvalue weighted by Gasteiger charge is 2.41. The summed E-state index contributed by atoms with van der Waals surface area (Å²) in [7, 11) is 0. The number of aliphatic hydroxyl groups excluding tert-OH is 2. The highest BCUT2D eigenvalue weighted by molar-refractivity contribution is 4.91. The highest BCUT2D eigenvalue weighted by atomic mass is 16.3. The van der Waals surface area contributed by atoms with Crippen LogP contribution in [-0.2, 0) is 0 Å². The van der Waals surface area contributed by atoms with Gasteiger partial charge in [-0.2, -0.15) is 0 Å². The molecule has 0 bridgehead atoms. The summed E-state index contributed by atoms with van der Waals surface area (Å²) in [5.41, 5.74) is -0.271. The smallest absolute Gasteiger partial charge is 0.0620 e. The van der Waals surface area contributed by atoms with Gasteiger partial charge in [-0.25, -0.2) is 0 Å². The summed E-state index contributed by atoms with van der Waals surface area (Å²) < 4.78 is 0. The first-order chi connectivity index (χ1) is 5.47. The topological polar surface area (TPSA) is 40.5 Å². The van der Waals surface area contributed by atoms with Gasteiger partial charge in [-0.15, -0.1) is 0 Å². The normalized spacial score (nSPS) is 45.8. The van der Waals surface area contributed by atoms with Gasteiger partial charge in [0.15, 0.2) is 0 Å². The molecule has 1 saturated carbocycles. The molecule has 1 aliphatic carbocycles. The van der Waals surface area contributed by atoms with Gasteiger partial charge in [-0.3, -0.25) is 0 Å². The lowest BCUT2D eigenvalue weighted by Crippen LogP contribution is -2.45. The van der Waals surface area contributed by atoms with Gasteiger partial charge in [0.05, 0.1) is 12.2 Å². The van der Waals surface area contributed by atoms with Crippen LogP contribution >= 0.6 is 0 Å². The van der Waals surface area contributed by atoms with Gasteiger partial charge < -0.3 is 10.2 Å². The Kier molecular flexibility index (Phi) is 2.79. The van der Waals surface area contributed by atoms with Gasteiger partial charge in [-0.1, -0.05) is 13.8 Å². The monoisotopic (exact) mass is 172 g/mol. The van der Waals surface area contributed by atoms with E-state index in [-0.39, 0.29) is 11.5 Å². The molecule has 0 spiro atoms. The van der Waals surface area contributed by atoms with E-state index in [1.165, 1.54) is 0 Å². The van der Waals surface area contributed by atoms with Crippen LogP contribution in [-0.4, -0.2) is 22.4 Å². The van der Waals surface area contributed by atoms with E-state index in [2.05, 4.69) is 6.92 Å². The average Bonchev–Trinajstić information content (AvgIpc) is 1.97. The minimum atomic E-state index is -0.403. The Balaban J connectivity index is 2.66. The molecule has 12 heavy (non-hydrogen) atoms. The lowest BCUT2D eigenvalue weighted by Gasteiger charge is -2.42. The molecule has 2 heteroatoms. The molecular weight excluding hydrogens is 152 g/mol. The second kappa shape index (κ2) is 3.35. The van der Waals surface area contributed by atoms with Crippen LogP contribution in [0.5, 0.6) is 0 Å². The van der Waals surface area contributed by atoms with Crippen LogP contribution in [0.4, 0.5) is 0 Å². The average molecular weight is 172 g/mol. The van der Waals surface area contributed by atoms with Crippen molar-refractivity contribution in [2.75, 3.05) is 0 Å². The Hall–Kier alpha value is -0.0800. The molecular formula is C10H20O2. The van der Waals surface area contributed by atoms with Gasteiger partial charge in [-0.05, 0) is 32.1 Å². The summed E-state index contributed by atoms with van der Waals surface area (Å²) in [6, 6.07) is 0. The first kappa shape index (κ1) is 10.0. The van der Waals surface area contributed by atoms with Crippen molar-refractivity contribution in [1.82, 2.24) is 0 Å². The van der Waals surface area contributed by atoms with Gasteiger partial charge in [0.25, 0.3) is 0 Å². The molecule has 0 saturated heterocycles. The largest absolute Gasteiger partial charge is 0.393 e. The standard InChI is InChI=1S/C10H20O2/c1-7-4-5-10(3,8(2)11)9(12)6-7/h7-9,11-12H,4-6H2,1-3H3. The lowest BCUT2D eigenvalue weighted by molar-refractivity contribution is -0.0860. The summed E-state index contributed by atoms with van der Waals surface area (Å²) in [4.78, 5) is 0. The number of aliphatic hydroxyl groups is 2. The Morgan fingerprint density at radius 1 is 1.50 bits per heavy atom. The minimum absolute atomic E-state index is 0.271. The van der Waals surface area contributed by atoms with Gasteiger partial charge in [0, 0.05) is 5.41 Å². The second-order valence-electron chi connectivity index (χ2n) is 4.58. The van der Waals surface area contributed by atoms with Gasteiger partial charge in [0.2, 0.25) is 0 Å². The van der Waals surface area contributed by atoms with Crippen molar-refractivity contribution in [3.63, 3.8) is 0 Å². The maximum atomic E-state index is 9.81. The molecule has 0 amide bonds. The molecule has 72 valence electrons. The fraction of sp³-hybridized carbons (Fsp3) is 1.00. The van der Waals surface area contributed by atoms with E-state index in [1.54, 1.807) is 6.92 Å². The van der Waals surface area contributed by atoms with Crippen LogP contribution in [0.3, 0.4) is 0 Å². The third-order valence-electron chi connectivity index (χ3n) is 3.52. The Morgan fingerprint density at radius 2 is 2.08 bits per heavy atom. The van der Waals surface area contributed by atoms with Gasteiger partial charge in [0.1, 0.15) is 0 Å². The van der Waals surface area contributed by atoms with E-state index in [0.717, 1.165) is 19.3 Å². The zero-order valence-electron chi connectivity index (χ0n) is 8.25. The van der Waals surface area contributed by atoms with E-state index < -0.39 is 6.10 Å². The predicted molar refractivity (Wildman–Crippen MR) is 48.8 cm³/mol. The molecule has 0 radical (unpaired) electrons. The van der Waals surface area contributed by atoms with E-state index in [9.17, 15) is 10.2 Å². The first-order valence-corrected chi connectivity index (χ1v) is 4.83. The summed E-state index contributed by atoms with van der Waals surface area (Å²) in [5, 5.41) is 19.3. The minimum Gasteiger partial charge on any atom is -0.393 e. The molecule has 0 aliphatic heterocycles. The summed E-state index contributed by atoms with van der Waals surface area (Å²) in [6.07, 6.45) is 2.16. The van der Waals surface area contributed by atoms with Crippen molar-refractivity contribution in [3.8, 4) is 0 Å². The van der Waals surface area contributed by atoms with Gasteiger partial charge >= 0.3 is 0 Å². The van der Waals surface area contributed by atoms with Crippen molar-refractivity contribution >= 4 is 0 Å². The van der Waals surface area contributed by atoms with E-state index >= 15 is 0 Å². The highest BCUT2D eigenvalue weighted by Crippen LogP contribution is 2.41. The molecule has 0 aromatic heterocycles. The fourth-order valence-corrected chi connectivity index (χ4v) is 1.98. The Labute approximate surface area is 74.6 Å². The van der Waals surface area contributed by atoms with Crippen LogP contribution < -0.4 is 0 Å². The summed E-state index contributed by atoms with van der Waals surface area (Å²) in [5.74, 6) is 0.604. The maximum Gasteiger partial charge on any atom is 0.0620 e. The number of hydrogen-bond donors (Lipinski definition) is 2. The van der Waals surface area contributed by atoms with E-state index in [4.69, 9.17) is 0 Å². The van der Waals surface area contributed by atoms with Crippen LogP contribution in [0.15, 0.2) is 0 Å². The third-order valence-corrected chi connectivity index (χ3v) is 3.52. The molecule has 4 unspecified atom stereocenters. The van der Waals surface area contributed by atoms with E-state index in [1.807, 2.05) is 6.92 Å². The molecule has 0 heterocycles. The van der Waals surface area contributed by atoms with Crippen molar-refractivity contribution in [1.29, 1.82) is 0 Å². The maximum absolute atomic E-state index is 9.81. The van der Waals surface area contributed by atoms with Crippen LogP contribution in [0.1, 0.15) is 40.0 Å². The molecule has 4 atom stereocenters. The third kappa shape index (κ3) is 1.64. The molecule has 0 aromatic rings. The van der Waals surface area contributed by atoms with E-state index in [0.29, 0.717) is 5.92 Å². The zero-order chi connectivity index (χ0) is 9.35. The Bertz CT molecular complexity index is 156. The quantitative estimate of drug-likeness (QED) is 0.630. The molecule has 1 rings (SSSR count). The van der Waals surface area contributed by atoms with Crippen LogP contribution in [0, 0.1) is 11.3 Å². The van der Waals surface area contributed by atoms with Crippen LogP contribution in [0.2, 0.25) is 0 Å². The summed E-state index contributed by atoms with van der Waals surface area (Å²) >= 11 is 0. The second-order valence-corrected chi connectivity index (χ2v) is 4.58. The van der Waals surface area contributed by atoms with Crippen molar-refractivity contribution in [2.45, 2.75) is 52.2 Å². The molecule has 1 aliphatic rings. The zero-order valence-corrected chi connectivity index (χ0v) is 8.25. The molecule has 2 nitrogen and oxygen atoms in total. The van der Waals surface area contributed by atoms with Crippen molar-refractivity contribution < 1.29 is 10.2 Å². The van der Waals surface area contributed by atoms with Crippen molar-refractivity contribution in [2.24, 2.45) is 11.3 Å². The first-order valence-electron chi connectivity index (χ1n) is 4.83. The lowest BCUT2D eigenvalue weighted by atomic mass is 9.67.